The molecule has 0 saturated heterocycles. The molecule has 0 nitrogen and oxygen atoms in total. The number of thiophene rings is 1. The Kier molecular flexibility index (Phi) is 4.63. The Morgan fingerprint density at radius 3 is 1.66 bits per heavy atom. The number of fused-ring (bicyclic) bond motifs is 3. The van der Waals surface area contributed by atoms with Crippen LogP contribution in [-0.2, 0) is 0 Å². The first kappa shape index (κ1) is 19.0. The smallest absolute Gasteiger partial charge is 0.0361 e. The number of rotatable bonds is 3. The lowest BCUT2D eigenvalue weighted by Gasteiger charge is -2.06. The highest BCUT2D eigenvalue weighted by atomic mass is 32.1. The van der Waals surface area contributed by atoms with Gasteiger partial charge in [0.1, 0.15) is 0 Å². The van der Waals surface area contributed by atoms with Gasteiger partial charge in [-0.1, -0.05) is 103 Å². The second kappa shape index (κ2) is 7.78. The molecular formula is C31H22S. The van der Waals surface area contributed by atoms with Crippen molar-refractivity contribution in [1.29, 1.82) is 0 Å². The first-order valence-corrected chi connectivity index (χ1v) is 11.8. The molecule has 152 valence electrons. The zero-order valence-corrected chi connectivity index (χ0v) is 18.7. The van der Waals surface area contributed by atoms with Gasteiger partial charge < -0.3 is 0 Å². The zero-order valence-electron chi connectivity index (χ0n) is 17.9. The van der Waals surface area contributed by atoms with Crippen molar-refractivity contribution in [2.45, 2.75) is 6.92 Å². The van der Waals surface area contributed by atoms with Gasteiger partial charge >= 0.3 is 0 Å². The van der Waals surface area contributed by atoms with Crippen LogP contribution in [0.2, 0.25) is 0 Å². The van der Waals surface area contributed by atoms with Crippen LogP contribution in [0.3, 0.4) is 0 Å². The minimum atomic E-state index is 1.25. The summed E-state index contributed by atoms with van der Waals surface area (Å²) in [4.78, 5) is 0. The third-order valence-electron chi connectivity index (χ3n) is 6.18. The summed E-state index contributed by atoms with van der Waals surface area (Å²) in [6.07, 6.45) is 0. The van der Waals surface area contributed by atoms with Crippen molar-refractivity contribution in [3.8, 4) is 33.4 Å². The van der Waals surface area contributed by atoms with Crippen molar-refractivity contribution < 1.29 is 0 Å². The molecule has 0 aliphatic carbocycles. The first-order chi connectivity index (χ1) is 15.7. The average Bonchev–Trinajstić information content (AvgIpc) is 3.22. The summed E-state index contributed by atoms with van der Waals surface area (Å²) in [5.74, 6) is 0. The average molecular weight is 427 g/mol. The summed E-state index contributed by atoms with van der Waals surface area (Å²) >= 11 is 1.88. The highest BCUT2D eigenvalue weighted by molar-refractivity contribution is 7.25. The van der Waals surface area contributed by atoms with E-state index in [0.717, 1.165) is 0 Å². The molecule has 32 heavy (non-hydrogen) atoms. The molecule has 0 aliphatic rings. The molecule has 5 aromatic carbocycles. The van der Waals surface area contributed by atoms with Crippen molar-refractivity contribution in [3.63, 3.8) is 0 Å². The maximum absolute atomic E-state index is 2.34. The van der Waals surface area contributed by atoms with E-state index in [0.29, 0.717) is 0 Å². The van der Waals surface area contributed by atoms with E-state index < -0.39 is 0 Å². The van der Waals surface area contributed by atoms with Gasteiger partial charge in [0.2, 0.25) is 0 Å². The summed E-state index contributed by atoms with van der Waals surface area (Å²) in [7, 11) is 0. The number of hydrogen-bond acceptors (Lipinski definition) is 1. The van der Waals surface area contributed by atoms with Gasteiger partial charge in [0.05, 0.1) is 0 Å². The van der Waals surface area contributed by atoms with E-state index in [4.69, 9.17) is 0 Å². The third-order valence-corrected chi connectivity index (χ3v) is 7.32. The third kappa shape index (κ3) is 3.41. The van der Waals surface area contributed by atoms with Crippen molar-refractivity contribution in [2.75, 3.05) is 0 Å². The Bertz CT molecular complexity index is 1540. The molecule has 0 bridgehead atoms. The molecule has 0 atom stereocenters. The van der Waals surface area contributed by atoms with Crippen LogP contribution in [-0.4, -0.2) is 0 Å². The molecule has 0 unspecified atom stereocenters. The molecule has 0 radical (unpaired) electrons. The number of aryl methyl sites for hydroxylation is 1. The molecule has 6 aromatic rings. The molecule has 0 saturated carbocycles. The predicted octanol–water partition coefficient (Wildman–Crippen LogP) is 9.36. The highest BCUT2D eigenvalue weighted by Gasteiger charge is 2.09. The molecule has 0 spiro atoms. The minimum Gasteiger partial charge on any atom is -0.135 e. The van der Waals surface area contributed by atoms with Crippen LogP contribution >= 0.6 is 11.3 Å². The Balaban J connectivity index is 1.39. The Morgan fingerprint density at radius 2 is 0.938 bits per heavy atom. The lowest BCUT2D eigenvalue weighted by atomic mass is 9.98. The van der Waals surface area contributed by atoms with Crippen LogP contribution < -0.4 is 0 Å². The standard InChI is InChI=1S/C31H22S/c1-21-7-9-24(10-8-21)27-15-17-28-29-19-26(16-18-30(29)32-31(28)20-27)25-13-11-23(12-14-25)22-5-3-2-4-6-22/h2-20H,1H3. The van der Waals surface area contributed by atoms with Crippen LogP contribution in [0.15, 0.2) is 115 Å². The van der Waals surface area contributed by atoms with E-state index in [1.807, 2.05) is 11.3 Å². The molecule has 0 N–H and O–H groups in total. The zero-order chi connectivity index (χ0) is 21.5. The molecule has 6 rings (SSSR count). The fourth-order valence-electron chi connectivity index (χ4n) is 4.37. The van der Waals surface area contributed by atoms with E-state index in [1.165, 1.54) is 59.1 Å². The second-order valence-electron chi connectivity index (χ2n) is 8.33. The normalized spacial score (nSPS) is 11.3. The fourth-order valence-corrected chi connectivity index (χ4v) is 5.49. The maximum Gasteiger partial charge on any atom is 0.0361 e. The SMILES string of the molecule is Cc1ccc(-c2ccc3c(c2)sc2ccc(-c4ccc(-c5ccccc5)cc4)cc23)cc1. The van der Waals surface area contributed by atoms with Crippen LogP contribution in [0.1, 0.15) is 5.56 Å². The molecule has 1 heteroatoms. The van der Waals surface area contributed by atoms with Gasteiger partial charge in [-0.3, -0.25) is 0 Å². The van der Waals surface area contributed by atoms with Crippen LogP contribution in [0.5, 0.6) is 0 Å². The van der Waals surface area contributed by atoms with E-state index in [9.17, 15) is 0 Å². The van der Waals surface area contributed by atoms with Gasteiger partial charge in [-0.25, -0.2) is 0 Å². The molecule has 1 aromatic heterocycles. The Labute approximate surface area is 192 Å². The summed E-state index contributed by atoms with van der Waals surface area (Å²) < 4.78 is 2.68. The van der Waals surface area contributed by atoms with Gasteiger partial charge in [-0.05, 0) is 58.5 Å². The molecule has 0 amide bonds. The first-order valence-electron chi connectivity index (χ1n) is 10.9. The lowest BCUT2D eigenvalue weighted by Crippen LogP contribution is -1.80. The van der Waals surface area contributed by atoms with Crippen molar-refractivity contribution in [3.05, 3.63) is 121 Å². The topological polar surface area (TPSA) is 0 Å². The molecular weight excluding hydrogens is 404 g/mol. The van der Waals surface area contributed by atoms with E-state index in [1.54, 1.807) is 0 Å². The van der Waals surface area contributed by atoms with Crippen LogP contribution in [0, 0.1) is 6.92 Å². The van der Waals surface area contributed by atoms with Gasteiger partial charge in [-0.15, -0.1) is 11.3 Å². The number of benzene rings is 5. The largest absolute Gasteiger partial charge is 0.135 e. The fraction of sp³-hybridized carbons (Fsp3) is 0.0323. The van der Waals surface area contributed by atoms with Crippen LogP contribution in [0.4, 0.5) is 0 Å². The number of hydrogen-bond donors (Lipinski definition) is 0. The van der Waals surface area contributed by atoms with Gasteiger partial charge in [0.15, 0.2) is 0 Å². The van der Waals surface area contributed by atoms with Gasteiger partial charge in [-0.2, -0.15) is 0 Å². The monoisotopic (exact) mass is 426 g/mol. The minimum absolute atomic E-state index is 1.25. The Hall–Kier alpha value is -3.68. The Morgan fingerprint density at radius 1 is 0.406 bits per heavy atom. The summed E-state index contributed by atoms with van der Waals surface area (Å²) in [5, 5.41) is 2.67. The van der Waals surface area contributed by atoms with Gasteiger partial charge in [0.25, 0.3) is 0 Å². The second-order valence-corrected chi connectivity index (χ2v) is 9.42. The van der Waals surface area contributed by atoms with Crippen molar-refractivity contribution in [1.82, 2.24) is 0 Å². The molecule has 1 heterocycles. The lowest BCUT2D eigenvalue weighted by molar-refractivity contribution is 1.47. The van der Waals surface area contributed by atoms with E-state index in [-0.39, 0.29) is 0 Å². The quantitative estimate of drug-likeness (QED) is 0.264. The predicted molar refractivity (Wildman–Crippen MR) is 140 cm³/mol. The molecule has 0 aliphatic heterocycles. The van der Waals surface area contributed by atoms with E-state index >= 15 is 0 Å². The van der Waals surface area contributed by atoms with E-state index in [2.05, 4.69) is 122 Å². The van der Waals surface area contributed by atoms with Crippen molar-refractivity contribution >= 4 is 31.5 Å². The summed E-state index contributed by atoms with van der Waals surface area (Å²) in [5.41, 5.74) is 8.86. The molecule has 0 fully saturated rings. The van der Waals surface area contributed by atoms with Gasteiger partial charge in [0, 0.05) is 20.2 Å². The van der Waals surface area contributed by atoms with Crippen molar-refractivity contribution in [2.24, 2.45) is 0 Å². The summed E-state index contributed by atoms with van der Waals surface area (Å²) in [6, 6.07) is 41.9. The maximum atomic E-state index is 2.34. The van der Waals surface area contributed by atoms with Crippen LogP contribution in [0.25, 0.3) is 53.6 Å². The highest BCUT2D eigenvalue weighted by Crippen LogP contribution is 2.38. The summed E-state index contributed by atoms with van der Waals surface area (Å²) in [6.45, 7) is 2.13.